The van der Waals surface area contributed by atoms with Crippen molar-refractivity contribution >= 4 is 11.6 Å². The van der Waals surface area contributed by atoms with E-state index in [1.165, 1.54) is 6.07 Å². The van der Waals surface area contributed by atoms with Crippen molar-refractivity contribution in [1.82, 2.24) is 10.2 Å². The number of amides is 1. The summed E-state index contributed by atoms with van der Waals surface area (Å²) in [6, 6.07) is 8.74. The van der Waals surface area contributed by atoms with Crippen molar-refractivity contribution in [2.75, 3.05) is 11.9 Å². The van der Waals surface area contributed by atoms with Gasteiger partial charge in [0, 0.05) is 18.3 Å². The highest BCUT2D eigenvalue weighted by molar-refractivity contribution is 5.95. The fourth-order valence-corrected chi connectivity index (χ4v) is 1.90. The monoisotopic (exact) mass is 288 g/mol. The topological polar surface area (TPSA) is 104 Å². The van der Waals surface area contributed by atoms with Crippen LogP contribution in [0.2, 0.25) is 0 Å². The molecular weight excluding hydrogens is 268 g/mol. The smallest absolute Gasteiger partial charge is 0.264 e. The van der Waals surface area contributed by atoms with E-state index in [1.807, 2.05) is 26.0 Å². The third kappa shape index (κ3) is 3.22. The van der Waals surface area contributed by atoms with Gasteiger partial charge >= 0.3 is 0 Å². The number of hydrogen-bond donors (Lipinski definition) is 4. The van der Waals surface area contributed by atoms with Gasteiger partial charge in [-0.3, -0.25) is 19.8 Å². The molecule has 0 radical (unpaired) electrons. The minimum absolute atomic E-state index is 0.0877. The Morgan fingerprint density at radius 3 is 2.43 bits per heavy atom. The van der Waals surface area contributed by atoms with Gasteiger partial charge in [0.1, 0.15) is 0 Å². The van der Waals surface area contributed by atoms with Crippen molar-refractivity contribution in [1.29, 1.82) is 0 Å². The van der Waals surface area contributed by atoms with Gasteiger partial charge in [-0.25, -0.2) is 0 Å². The molecule has 0 bridgehead atoms. The van der Waals surface area contributed by atoms with E-state index in [0.717, 1.165) is 5.56 Å². The Bertz CT molecular complexity index is 665. The van der Waals surface area contributed by atoms with E-state index in [0.29, 0.717) is 24.3 Å². The highest BCUT2D eigenvalue weighted by Gasteiger charge is 2.29. The maximum absolute atomic E-state index is 12.2. The second kappa shape index (κ2) is 5.97. The quantitative estimate of drug-likeness (QED) is 0.673. The predicted octanol–water partition coefficient (Wildman–Crippen LogP) is 1.68. The summed E-state index contributed by atoms with van der Waals surface area (Å²) in [5.41, 5.74) is 7.21. The Hall–Kier alpha value is -2.34. The van der Waals surface area contributed by atoms with E-state index >= 15 is 0 Å². The average Bonchev–Trinajstić information content (AvgIpc) is 2.93. The number of nitrogens with one attached hydrogen (secondary N) is 3. The molecule has 112 valence electrons. The summed E-state index contributed by atoms with van der Waals surface area (Å²) in [7, 11) is 0. The summed E-state index contributed by atoms with van der Waals surface area (Å²) >= 11 is 0. The van der Waals surface area contributed by atoms with Crippen LogP contribution in [-0.4, -0.2) is 22.6 Å². The van der Waals surface area contributed by atoms with Crippen molar-refractivity contribution in [3.05, 3.63) is 40.7 Å². The van der Waals surface area contributed by atoms with Gasteiger partial charge in [0.2, 0.25) is 5.91 Å². The molecule has 5 N–H and O–H groups in total. The van der Waals surface area contributed by atoms with Gasteiger partial charge in [0.15, 0.2) is 0 Å². The molecule has 1 aromatic heterocycles. The highest BCUT2D eigenvalue weighted by Crippen LogP contribution is 2.23. The largest absolute Gasteiger partial charge is 0.329 e. The standard InChI is InChI=1S/C15H20N4O2/c1-3-15(2,9-16)14(21)17-11-6-4-10(5-7-11)12-8-13(20)19-18-12/h4-8H,3,9,16H2,1-2H3,(H,17,21)(H2,18,19,20). The maximum atomic E-state index is 12.2. The molecule has 6 heteroatoms. The third-order valence-corrected chi connectivity index (χ3v) is 3.83. The number of rotatable bonds is 5. The number of benzene rings is 1. The molecule has 1 aromatic carbocycles. The maximum Gasteiger partial charge on any atom is 0.264 e. The molecule has 0 aliphatic heterocycles. The molecule has 0 saturated carbocycles. The average molecular weight is 288 g/mol. The zero-order chi connectivity index (χ0) is 15.5. The van der Waals surface area contributed by atoms with E-state index in [4.69, 9.17) is 5.73 Å². The number of aromatic amines is 2. The van der Waals surface area contributed by atoms with Gasteiger partial charge < -0.3 is 11.1 Å². The SMILES string of the molecule is CCC(C)(CN)C(=O)Nc1ccc(-c2cc(=O)[nH][nH]2)cc1. The first-order chi connectivity index (χ1) is 9.98. The lowest BCUT2D eigenvalue weighted by atomic mass is 9.86. The first kappa shape index (κ1) is 15.1. The van der Waals surface area contributed by atoms with E-state index in [9.17, 15) is 9.59 Å². The van der Waals surface area contributed by atoms with Crippen LogP contribution >= 0.6 is 0 Å². The van der Waals surface area contributed by atoms with Crippen molar-refractivity contribution in [2.45, 2.75) is 20.3 Å². The fourth-order valence-electron chi connectivity index (χ4n) is 1.90. The molecule has 2 rings (SSSR count). The van der Waals surface area contributed by atoms with Gasteiger partial charge in [-0.05, 0) is 31.0 Å². The van der Waals surface area contributed by atoms with Crippen molar-refractivity contribution in [3.8, 4) is 11.3 Å². The number of carbonyl (C=O) groups excluding carboxylic acids is 1. The molecule has 1 amide bonds. The highest BCUT2D eigenvalue weighted by atomic mass is 16.2. The molecule has 6 nitrogen and oxygen atoms in total. The van der Waals surface area contributed by atoms with Gasteiger partial charge in [0.05, 0.1) is 11.1 Å². The summed E-state index contributed by atoms with van der Waals surface area (Å²) in [5, 5.41) is 8.14. The van der Waals surface area contributed by atoms with Crippen LogP contribution in [0.4, 0.5) is 5.69 Å². The van der Waals surface area contributed by atoms with Gasteiger partial charge in [-0.1, -0.05) is 19.1 Å². The van der Waals surface area contributed by atoms with Crippen LogP contribution in [0.25, 0.3) is 11.3 Å². The summed E-state index contributed by atoms with van der Waals surface area (Å²) < 4.78 is 0. The molecule has 0 spiro atoms. The van der Waals surface area contributed by atoms with Crippen LogP contribution in [0.15, 0.2) is 35.1 Å². The second-order valence-electron chi connectivity index (χ2n) is 5.32. The minimum Gasteiger partial charge on any atom is -0.329 e. The molecule has 0 aliphatic carbocycles. The summed E-state index contributed by atoms with van der Waals surface area (Å²) in [4.78, 5) is 23.3. The first-order valence-corrected chi connectivity index (χ1v) is 6.88. The Morgan fingerprint density at radius 2 is 1.95 bits per heavy atom. The Balaban J connectivity index is 2.13. The van der Waals surface area contributed by atoms with E-state index in [1.54, 1.807) is 12.1 Å². The molecular formula is C15H20N4O2. The fraction of sp³-hybridized carbons (Fsp3) is 0.333. The molecule has 21 heavy (non-hydrogen) atoms. The van der Waals surface area contributed by atoms with Crippen molar-refractivity contribution < 1.29 is 4.79 Å². The zero-order valence-corrected chi connectivity index (χ0v) is 12.2. The van der Waals surface area contributed by atoms with E-state index < -0.39 is 5.41 Å². The summed E-state index contributed by atoms with van der Waals surface area (Å²) in [6.07, 6.45) is 0.679. The number of nitrogens with two attached hydrogens (primary N) is 1. The predicted molar refractivity (Wildman–Crippen MR) is 82.9 cm³/mol. The Kier molecular flexibility index (Phi) is 4.28. The van der Waals surface area contributed by atoms with Crippen LogP contribution in [0.1, 0.15) is 20.3 Å². The molecule has 1 atom stereocenters. The number of anilines is 1. The number of aromatic nitrogens is 2. The lowest BCUT2D eigenvalue weighted by Crippen LogP contribution is -2.39. The normalized spacial score (nSPS) is 13.7. The van der Waals surface area contributed by atoms with Gasteiger partial charge in [-0.15, -0.1) is 0 Å². The van der Waals surface area contributed by atoms with Crippen LogP contribution in [0.5, 0.6) is 0 Å². The van der Waals surface area contributed by atoms with Crippen LogP contribution in [0.3, 0.4) is 0 Å². The van der Waals surface area contributed by atoms with Crippen LogP contribution in [-0.2, 0) is 4.79 Å². The lowest BCUT2D eigenvalue weighted by molar-refractivity contribution is -0.124. The Morgan fingerprint density at radius 1 is 1.29 bits per heavy atom. The first-order valence-electron chi connectivity index (χ1n) is 6.88. The number of hydrogen-bond acceptors (Lipinski definition) is 3. The van der Waals surface area contributed by atoms with Gasteiger partial charge in [0.25, 0.3) is 5.56 Å². The minimum atomic E-state index is -0.565. The molecule has 1 unspecified atom stereocenters. The molecule has 0 fully saturated rings. The van der Waals surface area contributed by atoms with Crippen LogP contribution < -0.4 is 16.6 Å². The van der Waals surface area contributed by atoms with Crippen molar-refractivity contribution in [3.63, 3.8) is 0 Å². The molecule has 2 aromatic rings. The molecule has 1 heterocycles. The number of H-pyrrole nitrogens is 2. The summed E-state index contributed by atoms with van der Waals surface area (Å²) in [5.74, 6) is -0.0877. The Labute approximate surface area is 122 Å². The lowest BCUT2D eigenvalue weighted by Gasteiger charge is -2.24. The summed E-state index contributed by atoms with van der Waals surface area (Å²) in [6.45, 7) is 4.09. The molecule has 0 aliphatic rings. The number of carbonyl (C=O) groups is 1. The third-order valence-electron chi connectivity index (χ3n) is 3.83. The second-order valence-corrected chi connectivity index (χ2v) is 5.32. The van der Waals surface area contributed by atoms with E-state index in [-0.39, 0.29) is 11.5 Å². The van der Waals surface area contributed by atoms with Crippen molar-refractivity contribution in [2.24, 2.45) is 11.1 Å². The van der Waals surface area contributed by atoms with Gasteiger partial charge in [-0.2, -0.15) is 0 Å². The van der Waals surface area contributed by atoms with E-state index in [2.05, 4.69) is 15.5 Å². The van der Waals surface area contributed by atoms with Crippen LogP contribution in [0, 0.1) is 5.41 Å². The zero-order valence-electron chi connectivity index (χ0n) is 12.2. The molecule has 0 saturated heterocycles.